The molecule has 4 nitrogen and oxygen atoms in total. The minimum absolute atomic E-state index is 0.152. The smallest absolute Gasteiger partial charge is 0.161 e. The summed E-state index contributed by atoms with van der Waals surface area (Å²) in [6.07, 6.45) is 0. The predicted octanol–water partition coefficient (Wildman–Crippen LogP) is 5.51. The molecule has 3 rings (SSSR count). The van der Waals surface area contributed by atoms with Crippen LogP contribution in [0.4, 0.5) is 0 Å². The third-order valence-electron chi connectivity index (χ3n) is 6.77. The van der Waals surface area contributed by atoms with Crippen molar-refractivity contribution >= 4 is 0 Å². The molecule has 0 spiro atoms. The van der Waals surface area contributed by atoms with Crippen molar-refractivity contribution in [2.75, 3.05) is 0 Å². The molecule has 3 aromatic carbocycles. The Balaban J connectivity index is 2.15. The van der Waals surface area contributed by atoms with Crippen LogP contribution in [0.15, 0.2) is 48.5 Å². The maximum atomic E-state index is 12.0. The van der Waals surface area contributed by atoms with Crippen LogP contribution in [0.1, 0.15) is 51.4 Å². The van der Waals surface area contributed by atoms with Crippen molar-refractivity contribution in [2.45, 2.75) is 60.4 Å². The van der Waals surface area contributed by atoms with Crippen LogP contribution in [-0.2, 0) is 18.8 Å². The van der Waals surface area contributed by atoms with E-state index < -0.39 is 5.72 Å². The largest absolute Gasteiger partial charge is 0.504 e. The van der Waals surface area contributed by atoms with Crippen LogP contribution >= 0.6 is 0 Å². The van der Waals surface area contributed by atoms with Gasteiger partial charge in [0.2, 0.25) is 0 Å². The molecule has 1 unspecified atom stereocenters. The fraction of sp³-hybridized carbons (Fsp3) is 0.333. The van der Waals surface area contributed by atoms with Crippen molar-refractivity contribution in [3.8, 4) is 11.5 Å². The maximum absolute atomic E-state index is 12.0. The molecular weight excluding hydrogens is 386 g/mol. The molecule has 0 aliphatic heterocycles. The number of hydrogen-bond donors (Lipinski definition) is 3. The van der Waals surface area contributed by atoms with Gasteiger partial charge >= 0.3 is 0 Å². The number of rotatable bonds is 6. The second kappa shape index (κ2) is 8.74. The van der Waals surface area contributed by atoms with Crippen LogP contribution in [0.5, 0.6) is 11.5 Å². The second-order valence-electron chi connectivity index (χ2n) is 8.65. The Hall–Kier alpha value is -2.82. The highest BCUT2D eigenvalue weighted by Crippen LogP contribution is 2.39. The predicted molar refractivity (Wildman–Crippen MR) is 125 cm³/mol. The van der Waals surface area contributed by atoms with Gasteiger partial charge in [-0.05, 0) is 81.0 Å². The minimum atomic E-state index is -1.30. The Morgan fingerprint density at radius 3 is 1.84 bits per heavy atom. The number of aliphatic hydroxyl groups is 1. The Morgan fingerprint density at radius 1 is 0.710 bits per heavy atom. The number of hydrogen-bond acceptors (Lipinski definition) is 4. The molecule has 3 aromatic rings. The molecule has 1 atom stereocenters. The van der Waals surface area contributed by atoms with Gasteiger partial charge in [0.05, 0.1) is 0 Å². The van der Waals surface area contributed by atoms with E-state index in [1.54, 1.807) is 12.1 Å². The molecule has 0 saturated carbocycles. The van der Waals surface area contributed by atoms with E-state index in [4.69, 9.17) is 0 Å². The first-order chi connectivity index (χ1) is 14.6. The Morgan fingerprint density at radius 2 is 1.26 bits per heavy atom. The minimum Gasteiger partial charge on any atom is -0.504 e. The van der Waals surface area contributed by atoms with E-state index in [1.165, 1.54) is 22.8 Å². The molecule has 3 N–H and O–H groups in total. The van der Waals surface area contributed by atoms with Gasteiger partial charge in [-0.2, -0.15) is 0 Å². The highest BCUT2D eigenvalue weighted by molar-refractivity contribution is 5.52. The molecule has 0 saturated heterocycles. The van der Waals surface area contributed by atoms with E-state index >= 15 is 0 Å². The third-order valence-corrected chi connectivity index (χ3v) is 6.77. The number of aromatic hydroxyl groups is 2. The SMILES string of the molecule is Cc1c(C)c(C)c(C(C)(O)N(Cc2ccccc2)Cc2cccc(O)c2O)c(C)c1C. The van der Waals surface area contributed by atoms with E-state index in [1.807, 2.05) is 42.2 Å². The second-order valence-corrected chi connectivity index (χ2v) is 8.65. The molecule has 4 heteroatoms. The van der Waals surface area contributed by atoms with Gasteiger partial charge in [0.25, 0.3) is 0 Å². The quantitative estimate of drug-likeness (QED) is 0.364. The van der Waals surface area contributed by atoms with Crippen molar-refractivity contribution in [1.82, 2.24) is 4.90 Å². The summed E-state index contributed by atoms with van der Waals surface area (Å²) < 4.78 is 0. The van der Waals surface area contributed by atoms with E-state index in [2.05, 4.69) is 34.6 Å². The number of benzene rings is 3. The lowest BCUT2D eigenvalue weighted by atomic mass is 9.84. The van der Waals surface area contributed by atoms with Crippen molar-refractivity contribution < 1.29 is 15.3 Å². The third kappa shape index (κ3) is 4.32. The summed E-state index contributed by atoms with van der Waals surface area (Å²) in [6.45, 7) is 13.0. The van der Waals surface area contributed by atoms with Gasteiger partial charge in [-0.1, -0.05) is 42.5 Å². The Kier molecular flexibility index (Phi) is 6.44. The van der Waals surface area contributed by atoms with Crippen molar-refractivity contribution in [1.29, 1.82) is 0 Å². The average molecular weight is 420 g/mol. The van der Waals surface area contributed by atoms with Gasteiger partial charge in [-0.15, -0.1) is 0 Å². The summed E-state index contributed by atoms with van der Waals surface area (Å²) in [5.74, 6) is -0.313. The molecule has 0 fully saturated rings. The number of phenols is 2. The lowest BCUT2D eigenvalue weighted by Gasteiger charge is -2.40. The van der Waals surface area contributed by atoms with Crippen LogP contribution < -0.4 is 0 Å². The lowest BCUT2D eigenvalue weighted by molar-refractivity contribution is -0.113. The van der Waals surface area contributed by atoms with Crippen molar-refractivity contribution in [3.63, 3.8) is 0 Å². The monoisotopic (exact) mass is 419 g/mol. The number of nitrogens with zero attached hydrogens (tertiary/aromatic N) is 1. The molecule has 0 radical (unpaired) electrons. The number of phenolic OH excluding ortho intramolecular Hbond substituents is 2. The van der Waals surface area contributed by atoms with Crippen LogP contribution in [0.2, 0.25) is 0 Å². The van der Waals surface area contributed by atoms with Gasteiger partial charge < -0.3 is 15.3 Å². The van der Waals surface area contributed by atoms with E-state index in [0.29, 0.717) is 12.1 Å². The summed E-state index contributed by atoms with van der Waals surface area (Å²) in [7, 11) is 0. The van der Waals surface area contributed by atoms with Gasteiger partial charge in [0.15, 0.2) is 11.5 Å². The van der Waals surface area contributed by atoms with Crippen LogP contribution in [0.3, 0.4) is 0 Å². The highest BCUT2D eigenvalue weighted by Gasteiger charge is 2.36. The van der Waals surface area contributed by atoms with Crippen LogP contribution in [-0.4, -0.2) is 20.2 Å². The number of para-hydroxylation sites is 1. The lowest BCUT2D eigenvalue weighted by Crippen LogP contribution is -2.44. The normalized spacial score (nSPS) is 13.4. The van der Waals surface area contributed by atoms with Crippen LogP contribution in [0, 0.1) is 34.6 Å². The molecule has 164 valence electrons. The molecule has 0 bridgehead atoms. The fourth-order valence-corrected chi connectivity index (χ4v) is 4.45. The zero-order valence-electron chi connectivity index (χ0n) is 19.3. The van der Waals surface area contributed by atoms with Crippen LogP contribution in [0.25, 0.3) is 0 Å². The fourth-order valence-electron chi connectivity index (χ4n) is 4.45. The molecule has 0 aromatic heterocycles. The first kappa shape index (κ1) is 22.9. The molecule has 0 aliphatic rings. The zero-order chi connectivity index (χ0) is 22.9. The van der Waals surface area contributed by atoms with E-state index in [-0.39, 0.29) is 18.0 Å². The van der Waals surface area contributed by atoms with Crippen molar-refractivity contribution in [2.24, 2.45) is 0 Å². The topological polar surface area (TPSA) is 63.9 Å². The molecular formula is C27H33NO3. The van der Waals surface area contributed by atoms with Gasteiger partial charge in [-0.3, -0.25) is 4.90 Å². The van der Waals surface area contributed by atoms with Crippen molar-refractivity contribution in [3.05, 3.63) is 93.0 Å². The summed E-state index contributed by atoms with van der Waals surface area (Å²) in [5, 5.41) is 32.4. The van der Waals surface area contributed by atoms with Gasteiger partial charge in [0, 0.05) is 24.2 Å². The zero-order valence-corrected chi connectivity index (χ0v) is 19.3. The summed E-state index contributed by atoms with van der Waals surface area (Å²) in [4.78, 5) is 1.94. The molecule has 31 heavy (non-hydrogen) atoms. The first-order valence-electron chi connectivity index (χ1n) is 10.6. The molecule has 0 amide bonds. The first-order valence-corrected chi connectivity index (χ1v) is 10.6. The summed E-state index contributed by atoms with van der Waals surface area (Å²) >= 11 is 0. The maximum Gasteiger partial charge on any atom is 0.161 e. The Bertz CT molecular complexity index is 1060. The van der Waals surface area contributed by atoms with E-state index in [9.17, 15) is 15.3 Å². The Labute approximate surface area is 185 Å². The molecule has 0 heterocycles. The molecule has 0 aliphatic carbocycles. The van der Waals surface area contributed by atoms with Gasteiger partial charge in [-0.25, -0.2) is 0 Å². The van der Waals surface area contributed by atoms with Gasteiger partial charge in [0.1, 0.15) is 5.72 Å². The summed E-state index contributed by atoms with van der Waals surface area (Å²) in [5.41, 5.74) is 6.96. The highest BCUT2D eigenvalue weighted by atomic mass is 16.3. The average Bonchev–Trinajstić information content (AvgIpc) is 2.74. The summed E-state index contributed by atoms with van der Waals surface area (Å²) in [6, 6.07) is 14.9. The van der Waals surface area contributed by atoms with E-state index in [0.717, 1.165) is 22.3 Å². The standard InChI is InChI=1S/C27H33NO3/c1-17-18(2)20(4)25(21(5)19(17)3)27(6,31)28(15-22-11-8-7-9-12-22)16-23-13-10-14-24(29)26(23)30/h7-14,29-31H,15-16H2,1-6H3.